The van der Waals surface area contributed by atoms with Crippen molar-refractivity contribution in [1.82, 2.24) is 14.1 Å². The molecule has 5 rings (SSSR count). The Balaban J connectivity index is 1.23. The lowest BCUT2D eigenvalue weighted by Gasteiger charge is -2.39. The van der Waals surface area contributed by atoms with E-state index in [4.69, 9.17) is 5.73 Å². The molecule has 0 radical (unpaired) electrons. The minimum absolute atomic E-state index is 0.187. The first kappa shape index (κ1) is 24.5. The van der Waals surface area contributed by atoms with Crippen LogP contribution in [0.3, 0.4) is 0 Å². The molecular weight excluding hydrogens is 456 g/mol. The minimum atomic E-state index is -3.08. The molecule has 0 spiro atoms. The predicted octanol–water partition coefficient (Wildman–Crippen LogP) is 3.88. The molecule has 0 bridgehead atoms. The summed E-state index contributed by atoms with van der Waals surface area (Å²) < 4.78 is 26.0. The van der Waals surface area contributed by atoms with Gasteiger partial charge in [0.15, 0.2) is 0 Å². The normalized spacial score (nSPS) is 20.8. The standard InChI is InChI=1S/C28H38N4O2S/c1-2-35(33,34)32-16-11-28(12-17-32)31-15-8-25-19-24(6-7-26(25)21-31)23-5-3-4-22(18-23)20-30-13-9-27(29)10-14-30/h3-8,15,18-19,27-28H,2,9-14,16-17,20-21,29H2,1H3. The minimum Gasteiger partial charge on any atom is -0.370 e. The van der Waals surface area contributed by atoms with Gasteiger partial charge in [0, 0.05) is 44.5 Å². The highest BCUT2D eigenvalue weighted by molar-refractivity contribution is 7.89. The van der Waals surface area contributed by atoms with Crippen molar-refractivity contribution in [3.8, 4) is 11.1 Å². The van der Waals surface area contributed by atoms with Crippen LogP contribution in [0.4, 0.5) is 0 Å². The lowest BCUT2D eigenvalue weighted by Crippen LogP contribution is -2.45. The zero-order valence-corrected chi connectivity index (χ0v) is 21.6. The molecule has 3 aliphatic rings. The average molecular weight is 495 g/mol. The third-order valence-corrected chi connectivity index (χ3v) is 9.78. The summed E-state index contributed by atoms with van der Waals surface area (Å²) in [6.07, 6.45) is 8.37. The van der Waals surface area contributed by atoms with E-state index in [1.54, 1.807) is 11.2 Å². The van der Waals surface area contributed by atoms with E-state index in [9.17, 15) is 8.42 Å². The van der Waals surface area contributed by atoms with Crippen molar-refractivity contribution in [2.24, 2.45) is 5.73 Å². The third kappa shape index (κ3) is 5.64. The second-order valence-corrected chi connectivity index (χ2v) is 12.5. The fraction of sp³-hybridized carbons (Fsp3) is 0.500. The Morgan fingerprint density at radius 1 is 0.943 bits per heavy atom. The SMILES string of the molecule is CCS(=O)(=O)N1CCC(N2C=Cc3cc(-c4cccc(CN5CCC(N)CC5)c4)ccc3C2)CC1. The van der Waals surface area contributed by atoms with E-state index in [-0.39, 0.29) is 5.75 Å². The molecule has 6 nitrogen and oxygen atoms in total. The van der Waals surface area contributed by atoms with Gasteiger partial charge in [-0.25, -0.2) is 12.7 Å². The van der Waals surface area contributed by atoms with Gasteiger partial charge in [-0.2, -0.15) is 0 Å². The average Bonchev–Trinajstić information content (AvgIpc) is 2.89. The van der Waals surface area contributed by atoms with E-state index in [1.165, 1.54) is 27.8 Å². The predicted molar refractivity (Wildman–Crippen MR) is 143 cm³/mol. The Kier molecular flexibility index (Phi) is 7.30. The van der Waals surface area contributed by atoms with Crippen LogP contribution in [0.15, 0.2) is 48.7 Å². The van der Waals surface area contributed by atoms with Gasteiger partial charge in [0.05, 0.1) is 5.75 Å². The molecule has 2 aromatic carbocycles. The largest absolute Gasteiger partial charge is 0.370 e. The quantitative estimate of drug-likeness (QED) is 0.660. The Bertz CT molecular complexity index is 1160. The summed E-state index contributed by atoms with van der Waals surface area (Å²) >= 11 is 0. The summed E-state index contributed by atoms with van der Waals surface area (Å²) in [6, 6.07) is 16.5. The smallest absolute Gasteiger partial charge is 0.213 e. The Hall–Kier alpha value is -2.19. The van der Waals surface area contributed by atoms with Crippen molar-refractivity contribution < 1.29 is 8.42 Å². The van der Waals surface area contributed by atoms with Gasteiger partial charge in [0.1, 0.15) is 0 Å². The van der Waals surface area contributed by atoms with Crippen LogP contribution in [0.2, 0.25) is 0 Å². The fourth-order valence-corrected chi connectivity index (χ4v) is 6.74. The zero-order valence-electron chi connectivity index (χ0n) is 20.8. The number of nitrogens with zero attached hydrogens (tertiary/aromatic N) is 3. The van der Waals surface area contributed by atoms with Gasteiger partial charge in [-0.15, -0.1) is 0 Å². The number of nitrogens with two attached hydrogens (primary N) is 1. The molecular formula is C28H38N4O2S. The van der Waals surface area contributed by atoms with Gasteiger partial charge in [-0.05, 0) is 91.7 Å². The maximum atomic E-state index is 12.2. The molecule has 0 unspecified atom stereocenters. The molecule has 2 N–H and O–H groups in total. The van der Waals surface area contributed by atoms with Crippen LogP contribution >= 0.6 is 0 Å². The summed E-state index contributed by atoms with van der Waals surface area (Å²) in [5, 5.41) is 0. The van der Waals surface area contributed by atoms with E-state index in [2.05, 4.69) is 64.5 Å². The van der Waals surface area contributed by atoms with Crippen LogP contribution in [-0.4, -0.2) is 66.5 Å². The highest BCUT2D eigenvalue weighted by Gasteiger charge is 2.29. The van der Waals surface area contributed by atoms with Gasteiger partial charge >= 0.3 is 0 Å². The van der Waals surface area contributed by atoms with E-state index in [0.717, 1.165) is 51.9 Å². The number of benzene rings is 2. The molecule has 2 fully saturated rings. The van der Waals surface area contributed by atoms with Gasteiger partial charge in [-0.1, -0.05) is 30.3 Å². The number of likely N-dealkylation sites (tertiary alicyclic amines) is 1. The van der Waals surface area contributed by atoms with Crippen molar-refractivity contribution in [1.29, 1.82) is 0 Å². The van der Waals surface area contributed by atoms with Crippen LogP contribution < -0.4 is 5.73 Å². The zero-order chi connectivity index (χ0) is 24.4. The van der Waals surface area contributed by atoms with Crippen molar-refractivity contribution in [2.45, 2.75) is 57.8 Å². The lowest BCUT2D eigenvalue weighted by atomic mass is 9.95. The van der Waals surface area contributed by atoms with Gasteiger partial charge in [0.25, 0.3) is 0 Å². The Morgan fingerprint density at radius 2 is 1.69 bits per heavy atom. The first-order valence-corrected chi connectivity index (χ1v) is 14.6. The molecule has 2 aromatic rings. The number of hydrogen-bond acceptors (Lipinski definition) is 5. The maximum Gasteiger partial charge on any atom is 0.213 e. The summed E-state index contributed by atoms with van der Waals surface area (Å²) in [4.78, 5) is 4.90. The highest BCUT2D eigenvalue weighted by Crippen LogP contribution is 2.30. The molecule has 0 saturated carbocycles. The number of piperidine rings is 2. The van der Waals surface area contributed by atoms with Crippen molar-refractivity contribution in [3.05, 3.63) is 65.4 Å². The van der Waals surface area contributed by atoms with Crippen molar-refractivity contribution >= 4 is 16.1 Å². The Morgan fingerprint density at radius 3 is 2.43 bits per heavy atom. The maximum absolute atomic E-state index is 12.2. The molecule has 3 aliphatic heterocycles. The van der Waals surface area contributed by atoms with Gasteiger partial charge in [0.2, 0.25) is 10.0 Å². The summed E-state index contributed by atoms with van der Waals surface area (Å²) in [5.74, 6) is 0.187. The van der Waals surface area contributed by atoms with Gasteiger partial charge in [-0.3, -0.25) is 4.90 Å². The molecule has 0 atom stereocenters. The fourth-order valence-electron chi connectivity index (χ4n) is 5.60. The lowest BCUT2D eigenvalue weighted by molar-refractivity contribution is 0.183. The van der Waals surface area contributed by atoms with Crippen LogP contribution in [0.5, 0.6) is 0 Å². The molecule has 35 heavy (non-hydrogen) atoms. The highest BCUT2D eigenvalue weighted by atomic mass is 32.2. The van der Waals surface area contributed by atoms with Crippen LogP contribution in [-0.2, 0) is 23.1 Å². The molecule has 188 valence electrons. The summed E-state index contributed by atoms with van der Waals surface area (Å²) in [7, 11) is -3.08. The molecule has 7 heteroatoms. The first-order chi connectivity index (χ1) is 16.9. The molecule has 2 saturated heterocycles. The second-order valence-electron chi connectivity index (χ2n) is 10.2. The van der Waals surface area contributed by atoms with Crippen molar-refractivity contribution in [3.63, 3.8) is 0 Å². The van der Waals surface area contributed by atoms with E-state index in [1.807, 2.05) is 0 Å². The number of sulfonamides is 1. The molecule has 3 heterocycles. The van der Waals surface area contributed by atoms with Gasteiger partial charge < -0.3 is 10.6 Å². The molecule has 0 amide bonds. The molecule has 0 aliphatic carbocycles. The second kappa shape index (κ2) is 10.4. The summed E-state index contributed by atoms with van der Waals surface area (Å²) in [5.41, 5.74) is 12.5. The number of hydrogen-bond donors (Lipinski definition) is 1. The summed E-state index contributed by atoms with van der Waals surface area (Å²) in [6.45, 7) is 7.00. The third-order valence-electron chi connectivity index (χ3n) is 7.89. The number of rotatable bonds is 6. The number of fused-ring (bicyclic) bond motifs is 1. The Labute approximate surface area is 210 Å². The van der Waals surface area contributed by atoms with Crippen molar-refractivity contribution in [2.75, 3.05) is 31.9 Å². The molecule has 0 aromatic heterocycles. The van der Waals surface area contributed by atoms with Crippen LogP contribution in [0.25, 0.3) is 17.2 Å². The van der Waals surface area contributed by atoms with E-state index >= 15 is 0 Å². The first-order valence-electron chi connectivity index (χ1n) is 13.0. The topological polar surface area (TPSA) is 69.9 Å². The van der Waals surface area contributed by atoms with Crippen LogP contribution in [0.1, 0.15) is 49.3 Å². The van der Waals surface area contributed by atoms with E-state index < -0.39 is 10.0 Å². The monoisotopic (exact) mass is 494 g/mol. The van der Waals surface area contributed by atoms with Crippen LogP contribution in [0, 0.1) is 0 Å². The van der Waals surface area contributed by atoms with E-state index in [0.29, 0.717) is 25.2 Å².